The van der Waals surface area contributed by atoms with Gasteiger partial charge in [-0.05, 0) is 152 Å². The number of aliphatic hydroxyl groups is 5. The summed E-state index contributed by atoms with van der Waals surface area (Å²) in [5.41, 5.74) is 7.02. The van der Waals surface area contributed by atoms with E-state index < -0.39 is 29.5 Å². The van der Waals surface area contributed by atoms with E-state index in [2.05, 4.69) is 29.9 Å². The van der Waals surface area contributed by atoms with Gasteiger partial charge in [0.15, 0.2) is 5.78 Å². The van der Waals surface area contributed by atoms with Crippen LogP contribution in [0.1, 0.15) is 127 Å². The Morgan fingerprint density at radius 3 is 1.00 bits per heavy atom. The summed E-state index contributed by atoms with van der Waals surface area (Å²) in [6.45, 7) is 10.5. The van der Waals surface area contributed by atoms with E-state index in [1.165, 1.54) is 11.5 Å². The fourth-order valence-corrected chi connectivity index (χ4v) is 13.6. The monoisotopic (exact) mass is 1440 g/mol. The van der Waals surface area contributed by atoms with Gasteiger partial charge >= 0.3 is 23.1 Å². The Morgan fingerprint density at radius 1 is 0.446 bits per heavy atom. The number of hydrogen-bond donors (Lipinski definition) is 5. The predicted octanol–water partition coefficient (Wildman–Crippen LogP) is 6.30. The molecule has 3 aliphatic rings. The fourth-order valence-electron chi connectivity index (χ4n) is 13.6. The maximum atomic E-state index is 13.5. The van der Waals surface area contributed by atoms with E-state index in [0.29, 0.717) is 108 Å². The molecule has 518 valence electrons. The van der Waals surface area contributed by atoms with E-state index >= 15 is 0 Å². The van der Waals surface area contributed by atoms with Crippen LogP contribution in [-0.2, 0) is 44.7 Å². The van der Waals surface area contributed by atoms with Crippen molar-refractivity contribution >= 4 is 93.9 Å². The maximum Gasteiger partial charge on any atom is 2.00 e. The molecular weight excluding hydrogens is 1360 g/mol. The molecule has 3 aliphatic heterocycles. The van der Waals surface area contributed by atoms with Crippen molar-refractivity contribution < 1.29 is 61.5 Å². The maximum absolute atomic E-state index is 13.5. The van der Waals surface area contributed by atoms with Gasteiger partial charge in [0.2, 0.25) is 0 Å². The molecule has 0 aliphatic carbocycles. The average molecular weight is 1440 g/mol. The molecule has 0 radical (unpaired) electrons. The number of carbonyl (C=O) groups excluding carboxylic acids is 1. The first-order valence-electron chi connectivity index (χ1n) is 33.0. The number of pyridine rings is 3. The number of aromatic nitrogens is 9. The van der Waals surface area contributed by atoms with Gasteiger partial charge in [-0.2, -0.15) is 0 Å². The van der Waals surface area contributed by atoms with Crippen LogP contribution in [-0.4, -0.2) is 156 Å². The summed E-state index contributed by atoms with van der Waals surface area (Å²) in [7, 11) is 0. The van der Waals surface area contributed by atoms with Crippen LogP contribution in [0.2, 0.25) is 0 Å². The van der Waals surface area contributed by atoms with E-state index in [9.17, 15) is 44.7 Å². The van der Waals surface area contributed by atoms with Crippen LogP contribution in [0.5, 0.6) is 0 Å². The molecular formula is C78H80BrMgN9O12. The van der Waals surface area contributed by atoms with Gasteiger partial charge in [0, 0.05) is 61.5 Å². The summed E-state index contributed by atoms with van der Waals surface area (Å²) in [6.07, 6.45) is 11.1. The zero-order valence-electron chi connectivity index (χ0n) is 57.2. The van der Waals surface area contributed by atoms with E-state index in [0.717, 1.165) is 65.7 Å². The summed E-state index contributed by atoms with van der Waals surface area (Å²) < 4.78 is 20.6. The Kier molecular flexibility index (Phi) is 23.7. The molecule has 5 N–H and O–H groups in total. The van der Waals surface area contributed by atoms with Gasteiger partial charge < -0.3 is 64.2 Å². The Labute approximate surface area is 609 Å². The molecule has 6 aromatic carbocycles. The van der Waals surface area contributed by atoms with Crippen molar-refractivity contribution in [2.75, 3.05) is 39.6 Å². The number of hydrogen-bond acceptors (Lipinski definition) is 18. The van der Waals surface area contributed by atoms with Gasteiger partial charge in [0.05, 0.1) is 119 Å². The largest absolute Gasteiger partial charge is 2.00 e. The summed E-state index contributed by atoms with van der Waals surface area (Å²) in [6, 6.07) is 39.7. The molecule has 9 heterocycles. The smallest absolute Gasteiger partial charge is 1.00 e. The first-order valence-corrected chi connectivity index (χ1v) is 33.0. The topological polar surface area (TPSA) is 289 Å². The normalized spacial score (nSPS) is 18.6. The molecule has 101 heavy (non-hydrogen) atoms. The zero-order chi connectivity index (χ0) is 68.6. The van der Waals surface area contributed by atoms with Gasteiger partial charge in [0.1, 0.15) is 16.9 Å². The number of fused-ring (bicyclic) bond motifs is 9. The zero-order valence-corrected chi connectivity index (χ0v) is 60.2. The van der Waals surface area contributed by atoms with Crippen LogP contribution in [0.3, 0.4) is 0 Å². The number of ketones is 1. The second-order valence-electron chi connectivity index (χ2n) is 26.7. The van der Waals surface area contributed by atoms with Gasteiger partial charge in [-0.3, -0.25) is 47.8 Å². The molecule has 15 rings (SSSR count). The molecule has 3 saturated heterocycles. The SMILES string of the molecule is CC(=O)c1ccc(Cc2cc3c(=O)n([C@H]4CCOC[C@@H]4O)cnc3c3ccccc23)cn1.CC(C)(O)c1ccc(Cc2cc3c(=O)n([C@H]4CCOC[C@@H]4O)cnc3c3ccccc23)cn1.CC(C)(O)c1ccc(Cc2cc3c(=O)n([C@H]4CCOC[C@@H]4O)cnc3c3ccccc23)cn1.[Br-].[CH3-].[Mg+2]. The first kappa shape index (κ1) is 75.2. The third-order valence-corrected chi connectivity index (χ3v) is 18.9. The Morgan fingerprint density at radius 2 is 0.743 bits per heavy atom. The fraction of sp³-hybridized carbons (Fsp3) is 0.321. The molecule has 0 amide bonds. The summed E-state index contributed by atoms with van der Waals surface area (Å²) in [5.74, 6) is -0.0744. The third-order valence-electron chi connectivity index (χ3n) is 18.9. The first-order chi connectivity index (χ1) is 47.2. The number of benzene rings is 6. The van der Waals surface area contributed by atoms with Crippen molar-refractivity contribution in [3.63, 3.8) is 0 Å². The molecule has 0 bridgehead atoms. The van der Waals surface area contributed by atoms with Crippen molar-refractivity contribution in [2.24, 2.45) is 0 Å². The number of halogens is 1. The molecule has 12 aromatic rings. The minimum absolute atomic E-state index is 0. The summed E-state index contributed by atoms with van der Waals surface area (Å²) in [4.78, 5) is 79.0. The summed E-state index contributed by atoms with van der Waals surface area (Å²) >= 11 is 0. The van der Waals surface area contributed by atoms with Crippen molar-refractivity contribution in [1.29, 1.82) is 0 Å². The quantitative estimate of drug-likeness (QED) is 0.0388. The minimum Gasteiger partial charge on any atom is -1.00 e. The standard InChI is InChI=1S/2C26H27N3O4.C25H23N3O4.CH3.BrH.Mg/c2*1-26(2,32)23-8-7-16(13-27-23)11-17-12-20-24(19-6-4-3-5-18(17)19)28-15-29(25(20)31)21-9-10-33-14-22(21)30;1-15(29)21-7-6-16(12-26-21)10-17-11-20-24(19-5-3-2-4-18(17)19)27-14-28(25(20)31)22-8-9-32-13-23(22)30;;;/h2*3-8,12-13,15,21-22,30,32H,9-11,14H2,1-2H3;2-7,11-12,14,22-23,30H,8-10,13H2,1H3;1H3;1H;/q;;;-1;;+2/p-1/t2*21-,22-;22-,23-;;;/m000.../s1. The minimum atomic E-state index is -1.00. The Balaban J connectivity index is 0.000000161. The molecule has 6 aromatic heterocycles. The van der Waals surface area contributed by atoms with Crippen LogP contribution < -0.4 is 33.7 Å². The van der Waals surface area contributed by atoms with Crippen molar-refractivity contribution in [3.05, 3.63) is 254 Å². The van der Waals surface area contributed by atoms with E-state index in [1.807, 2.05) is 121 Å². The van der Waals surface area contributed by atoms with E-state index in [-0.39, 0.29) is 108 Å². The van der Waals surface area contributed by atoms with Gasteiger partial charge in [0.25, 0.3) is 16.7 Å². The van der Waals surface area contributed by atoms with Gasteiger partial charge in [-0.25, -0.2) is 15.0 Å². The number of aliphatic hydroxyl groups excluding tert-OH is 3. The molecule has 3 fully saturated rings. The summed E-state index contributed by atoms with van der Waals surface area (Å²) in [5, 5.41) is 58.9. The molecule has 0 unspecified atom stereocenters. The van der Waals surface area contributed by atoms with Crippen molar-refractivity contribution in [1.82, 2.24) is 43.6 Å². The number of Topliss-reactive ketones (excluding diaryl/α,β-unsaturated/α-hetero) is 1. The molecule has 21 nitrogen and oxygen atoms in total. The molecule has 23 heteroatoms. The van der Waals surface area contributed by atoms with Gasteiger partial charge in [-0.1, -0.05) is 91.0 Å². The van der Waals surface area contributed by atoms with Crippen LogP contribution in [0.15, 0.2) is 179 Å². The third kappa shape index (κ3) is 16.0. The second kappa shape index (κ2) is 31.8. The number of rotatable bonds is 12. The van der Waals surface area contributed by atoms with Crippen LogP contribution in [0.25, 0.3) is 65.0 Å². The van der Waals surface area contributed by atoms with Gasteiger partial charge in [-0.15, -0.1) is 0 Å². The second-order valence-corrected chi connectivity index (χ2v) is 26.7. The van der Waals surface area contributed by atoms with Crippen molar-refractivity contribution in [3.8, 4) is 0 Å². The van der Waals surface area contributed by atoms with Crippen LogP contribution in [0, 0.1) is 7.43 Å². The Hall–Kier alpha value is -8.43. The number of ether oxygens (including phenoxy) is 3. The van der Waals surface area contributed by atoms with Crippen LogP contribution >= 0.6 is 0 Å². The number of nitrogens with zero attached hydrogens (tertiary/aromatic N) is 9. The molecule has 6 atom stereocenters. The average Bonchev–Trinajstić information content (AvgIpc) is 0.764. The van der Waals surface area contributed by atoms with E-state index in [4.69, 9.17) is 14.2 Å². The molecule has 0 saturated carbocycles. The predicted molar refractivity (Wildman–Crippen MR) is 386 cm³/mol. The van der Waals surface area contributed by atoms with E-state index in [1.54, 1.807) is 80.5 Å². The van der Waals surface area contributed by atoms with Crippen molar-refractivity contribution in [2.45, 2.75) is 121 Å². The number of carbonyl (C=O) groups is 1. The van der Waals surface area contributed by atoms with Crippen LogP contribution in [0.4, 0.5) is 0 Å². The molecule has 0 spiro atoms. The Bertz CT molecular complexity index is 4950.